The van der Waals surface area contributed by atoms with Crippen LogP contribution in [0.15, 0.2) is 35.7 Å². The lowest BCUT2D eigenvalue weighted by molar-refractivity contribution is -0.133. The Morgan fingerprint density at radius 2 is 1.90 bits per heavy atom. The summed E-state index contributed by atoms with van der Waals surface area (Å²) in [6, 6.07) is 6.27. The standard InChI is InChI=1S/C19H18N4O5S/c1-10-8-13(15(24)22(10)19-20-12(9-29-19)17(26)28-2)23-16(25)14(21-18(23)27)11-6-4-3-5-7-11/h3-7,9-10,13-14H,8H2,1-2H3,(H,21,27)/t10?,13-,14+/m1/s1. The van der Waals surface area contributed by atoms with Crippen molar-refractivity contribution in [2.24, 2.45) is 0 Å². The SMILES string of the molecule is COC(=O)c1csc(N2C(=O)[C@H](N3C(=O)N[C@@H](c4ccccc4)C3=O)CC2C)n1. The molecule has 2 fully saturated rings. The molecular formula is C19H18N4O5S. The molecule has 29 heavy (non-hydrogen) atoms. The predicted octanol–water partition coefficient (Wildman–Crippen LogP) is 1.72. The molecule has 150 valence electrons. The highest BCUT2D eigenvalue weighted by molar-refractivity contribution is 7.14. The number of methoxy groups -OCH3 is 1. The fourth-order valence-corrected chi connectivity index (χ4v) is 4.54. The Bertz CT molecular complexity index is 991. The highest BCUT2D eigenvalue weighted by Crippen LogP contribution is 2.34. The number of amides is 4. The smallest absolute Gasteiger partial charge is 0.357 e. The maximum absolute atomic E-state index is 13.1. The van der Waals surface area contributed by atoms with Crippen molar-refractivity contribution in [3.8, 4) is 0 Å². The van der Waals surface area contributed by atoms with E-state index in [1.165, 1.54) is 17.4 Å². The van der Waals surface area contributed by atoms with Crippen LogP contribution in [0, 0.1) is 0 Å². The topological polar surface area (TPSA) is 109 Å². The van der Waals surface area contributed by atoms with Gasteiger partial charge < -0.3 is 10.1 Å². The van der Waals surface area contributed by atoms with Crippen molar-refractivity contribution in [1.29, 1.82) is 0 Å². The van der Waals surface area contributed by atoms with E-state index < -0.39 is 35.9 Å². The first-order chi connectivity index (χ1) is 13.9. The summed E-state index contributed by atoms with van der Waals surface area (Å²) in [6.45, 7) is 1.81. The molecule has 2 aromatic rings. The van der Waals surface area contributed by atoms with Crippen LogP contribution in [-0.4, -0.2) is 52.9 Å². The second-order valence-electron chi connectivity index (χ2n) is 6.82. The number of anilines is 1. The Hall–Kier alpha value is -3.27. The van der Waals surface area contributed by atoms with Crippen LogP contribution in [0.25, 0.3) is 0 Å². The maximum Gasteiger partial charge on any atom is 0.357 e. The summed E-state index contributed by atoms with van der Waals surface area (Å²) in [5.74, 6) is -1.45. The van der Waals surface area contributed by atoms with E-state index in [9.17, 15) is 19.2 Å². The number of esters is 1. The first-order valence-corrected chi connectivity index (χ1v) is 9.85. The molecule has 10 heteroatoms. The lowest BCUT2D eigenvalue weighted by atomic mass is 10.1. The van der Waals surface area contributed by atoms with Gasteiger partial charge in [-0.1, -0.05) is 30.3 Å². The van der Waals surface area contributed by atoms with E-state index in [1.807, 2.05) is 13.0 Å². The van der Waals surface area contributed by atoms with E-state index in [-0.39, 0.29) is 18.2 Å². The Kier molecular flexibility index (Phi) is 4.79. The van der Waals surface area contributed by atoms with Gasteiger partial charge in [0, 0.05) is 11.4 Å². The van der Waals surface area contributed by atoms with Crippen molar-refractivity contribution < 1.29 is 23.9 Å². The molecule has 3 atom stereocenters. The first kappa shape index (κ1) is 19.1. The van der Waals surface area contributed by atoms with Crippen LogP contribution in [0.1, 0.15) is 35.4 Å². The van der Waals surface area contributed by atoms with Crippen molar-refractivity contribution in [1.82, 2.24) is 15.2 Å². The zero-order valence-corrected chi connectivity index (χ0v) is 16.5. The van der Waals surface area contributed by atoms with Crippen LogP contribution in [0.4, 0.5) is 9.93 Å². The van der Waals surface area contributed by atoms with Crippen LogP contribution in [0.5, 0.6) is 0 Å². The number of ether oxygens (including phenoxy) is 1. The molecule has 0 bridgehead atoms. The van der Waals surface area contributed by atoms with Crippen LogP contribution in [0.3, 0.4) is 0 Å². The van der Waals surface area contributed by atoms with E-state index in [1.54, 1.807) is 24.3 Å². The van der Waals surface area contributed by atoms with Gasteiger partial charge in [-0.15, -0.1) is 11.3 Å². The summed E-state index contributed by atoms with van der Waals surface area (Å²) >= 11 is 1.13. The first-order valence-electron chi connectivity index (χ1n) is 8.97. The van der Waals surface area contributed by atoms with Gasteiger partial charge in [0.15, 0.2) is 10.8 Å². The number of nitrogens with zero attached hydrogens (tertiary/aromatic N) is 3. The van der Waals surface area contributed by atoms with E-state index >= 15 is 0 Å². The zero-order chi connectivity index (χ0) is 20.7. The average Bonchev–Trinajstić information content (AvgIpc) is 3.38. The average molecular weight is 414 g/mol. The van der Waals surface area contributed by atoms with E-state index in [2.05, 4.69) is 15.0 Å². The number of thiazole rings is 1. The second kappa shape index (κ2) is 7.28. The molecule has 0 aliphatic carbocycles. The highest BCUT2D eigenvalue weighted by Gasteiger charge is 2.51. The quantitative estimate of drug-likeness (QED) is 0.603. The van der Waals surface area contributed by atoms with Gasteiger partial charge in [-0.2, -0.15) is 0 Å². The number of hydrogen-bond donors (Lipinski definition) is 1. The molecule has 4 amide bonds. The van der Waals surface area contributed by atoms with Gasteiger partial charge >= 0.3 is 12.0 Å². The number of benzene rings is 1. The van der Waals surface area contributed by atoms with Crippen LogP contribution in [-0.2, 0) is 14.3 Å². The van der Waals surface area contributed by atoms with Gasteiger partial charge in [-0.25, -0.2) is 19.5 Å². The summed E-state index contributed by atoms with van der Waals surface area (Å²) in [6.07, 6.45) is 0.284. The third-order valence-corrected chi connectivity index (χ3v) is 5.88. The normalized spacial score (nSPS) is 24.2. The zero-order valence-electron chi connectivity index (χ0n) is 15.7. The Balaban J connectivity index is 1.58. The molecule has 0 spiro atoms. The Labute approximate surface area is 170 Å². The predicted molar refractivity (Wildman–Crippen MR) is 103 cm³/mol. The second-order valence-corrected chi connectivity index (χ2v) is 7.65. The number of rotatable bonds is 4. The third kappa shape index (κ3) is 3.15. The van der Waals surface area contributed by atoms with Crippen LogP contribution < -0.4 is 10.2 Å². The van der Waals surface area contributed by atoms with E-state index in [4.69, 9.17) is 0 Å². The van der Waals surface area contributed by atoms with Crippen molar-refractivity contribution in [3.63, 3.8) is 0 Å². The minimum atomic E-state index is -0.920. The number of imide groups is 1. The largest absolute Gasteiger partial charge is 0.464 e. The molecule has 1 unspecified atom stereocenters. The van der Waals surface area contributed by atoms with Gasteiger partial charge in [0.2, 0.25) is 0 Å². The fourth-order valence-electron chi connectivity index (χ4n) is 3.64. The number of urea groups is 1. The Morgan fingerprint density at radius 1 is 1.17 bits per heavy atom. The number of aromatic nitrogens is 1. The fraction of sp³-hybridized carbons (Fsp3) is 0.316. The summed E-state index contributed by atoms with van der Waals surface area (Å²) in [5.41, 5.74) is 0.765. The molecular weight excluding hydrogens is 396 g/mol. The van der Waals surface area contributed by atoms with Gasteiger partial charge in [0.05, 0.1) is 7.11 Å². The molecule has 2 aliphatic rings. The number of nitrogens with one attached hydrogen (secondary N) is 1. The molecule has 9 nitrogen and oxygen atoms in total. The van der Waals surface area contributed by atoms with Gasteiger partial charge in [0.25, 0.3) is 11.8 Å². The van der Waals surface area contributed by atoms with Crippen LogP contribution in [0.2, 0.25) is 0 Å². The van der Waals surface area contributed by atoms with Gasteiger partial charge in [-0.05, 0) is 18.9 Å². The van der Waals surface area contributed by atoms with Crippen molar-refractivity contribution in [2.75, 3.05) is 12.0 Å². The molecule has 1 aromatic carbocycles. The Morgan fingerprint density at radius 3 is 2.59 bits per heavy atom. The molecule has 0 radical (unpaired) electrons. The van der Waals surface area contributed by atoms with Gasteiger partial charge in [-0.3, -0.25) is 14.5 Å². The summed E-state index contributed by atoms with van der Waals surface area (Å²) in [7, 11) is 1.25. The molecule has 3 heterocycles. The molecule has 2 saturated heterocycles. The van der Waals surface area contributed by atoms with Gasteiger partial charge in [0.1, 0.15) is 12.1 Å². The molecule has 2 aliphatic heterocycles. The molecule has 1 N–H and O–H groups in total. The maximum atomic E-state index is 13.1. The van der Waals surface area contributed by atoms with E-state index in [0.717, 1.165) is 16.2 Å². The number of carbonyl (C=O) groups is 4. The monoisotopic (exact) mass is 414 g/mol. The lowest BCUT2D eigenvalue weighted by Crippen LogP contribution is -2.45. The van der Waals surface area contributed by atoms with Crippen molar-refractivity contribution in [3.05, 3.63) is 47.0 Å². The van der Waals surface area contributed by atoms with Crippen molar-refractivity contribution >= 4 is 40.3 Å². The minimum absolute atomic E-state index is 0.107. The van der Waals surface area contributed by atoms with Crippen LogP contribution >= 0.6 is 11.3 Å². The van der Waals surface area contributed by atoms with Crippen molar-refractivity contribution in [2.45, 2.75) is 31.5 Å². The van der Waals surface area contributed by atoms with E-state index in [0.29, 0.717) is 10.7 Å². The number of hydrogen-bond acceptors (Lipinski definition) is 7. The third-order valence-electron chi connectivity index (χ3n) is 5.04. The summed E-state index contributed by atoms with van der Waals surface area (Å²) < 4.78 is 4.65. The number of carbonyl (C=O) groups excluding carboxylic acids is 4. The summed E-state index contributed by atoms with van der Waals surface area (Å²) in [4.78, 5) is 56.8. The molecule has 4 rings (SSSR count). The molecule has 1 aromatic heterocycles. The summed E-state index contributed by atoms with van der Waals surface area (Å²) in [5, 5.41) is 4.49. The lowest BCUT2D eigenvalue weighted by Gasteiger charge is -2.20. The molecule has 0 saturated carbocycles. The minimum Gasteiger partial charge on any atom is -0.464 e. The highest BCUT2D eigenvalue weighted by atomic mass is 32.1.